The van der Waals surface area contributed by atoms with Crippen LogP contribution in [0.15, 0.2) is 53.8 Å². The Labute approximate surface area is 139 Å². The molecule has 1 saturated heterocycles. The van der Waals surface area contributed by atoms with Crippen molar-refractivity contribution in [2.24, 2.45) is 5.18 Å². The monoisotopic (exact) mass is 321 g/mol. The van der Waals surface area contributed by atoms with E-state index in [4.69, 9.17) is 0 Å². The first-order valence-electron chi connectivity index (χ1n) is 8.20. The molecule has 24 heavy (non-hydrogen) atoms. The normalized spacial score (nSPS) is 17.8. The topological polar surface area (TPSA) is 73.4 Å². The molecule has 6 nitrogen and oxygen atoms in total. The molecular weight excluding hydrogens is 302 g/mol. The van der Waals surface area contributed by atoms with Crippen LogP contribution in [0.5, 0.6) is 0 Å². The van der Waals surface area contributed by atoms with Crippen molar-refractivity contribution < 1.29 is 0 Å². The van der Waals surface area contributed by atoms with Crippen molar-refractivity contribution in [3.05, 3.63) is 53.6 Å². The van der Waals surface area contributed by atoms with Gasteiger partial charge in [0.2, 0.25) is 0 Å². The number of anilines is 2. The first-order chi connectivity index (χ1) is 11.8. The molecule has 2 N–H and O–H groups in total. The van der Waals surface area contributed by atoms with Crippen LogP contribution in [-0.4, -0.2) is 29.3 Å². The Kier molecular flexibility index (Phi) is 3.86. The van der Waals surface area contributed by atoms with E-state index in [-0.39, 0.29) is 0 Å². The molecule has 122 valence electrons. The summed E-state index contributed by atoms with van der Waals surface area (Å²) in [6.07, 6.45) is 4.02. The molecule has 2 aromatic carbocycles. The standard InChI is InChI=1S/C18H19N5O/c24-22-17-5-1-2-6-18(17)23-9-3-4-15(12-23)20-14-7-8-16-13(10-14)11-19-21-16/h1-2,5-8,10-11,15,20H,3-4,9,12H2,(H,19,21). The van der Waals surface area contributed by atoms with Crippen LogP contribution in [0.4, 0.5) is 17.1 Å². The lowest BCUT2D eigenvalue weighted by atomic mass is 10.0. The molecule has 0 radical (unpaired) electrons. The van der Waals surface area contributed by atoms with Crippen molar-refractivity contribution >= 4 is 28.0 Å². The number of nitroso groups, excluding NO2 is 1. The summed E-state index contributed by atoms with van der Waals surface area (Å²) in [5.74, 6) is 0. The second kappa shape index (κ2) is 6.31. The largest absolute Gasteiger partial charge is 0.381 e. The second-order valence-corrected chi connectivity index (χ2v) is 6.18. The van der Waals surface area contributed by atoms with E-state index in [2.05, 4.69) is 37.7 Å². The molecule has 0 bridgehead atoms. The van der Waals surface area contributed by atoms with Gasteiger partial charge in [-0.25, -0.2) is 0 Å². The van der Waals surface area contributed by atoms with Crippen LogP contribution in [0.1, 0.15) is 12.8 Å². The van der Waals surface area contributed by atoms with Gasteiger partial charge in [-0.3, -0.25) is 5.10 Å². The van der Waals surface area contributed by atoms with Gasteiger partial charge in [0.05, 0.1) is 17.4 Å². The zero-order valence-electron chi connectivity index (χ0n) is 13.3. The number of H-pyrrole nitrogens is 1. The van der Waals surface area contributed by atoms with Crippen LogP contribution in [0.25, 0.3) is 10.9 Å². The number of hydrogen-bond acceptors (Lipinski definition) is 5. The molecule has 0 aliphatic carbocycles. The Bertz CT molecular complexity index is 859. The van der Waals surface area contributed by atoms with Gasteiger partial charge in [-0.15, -0.1) is 4.91 Å². The summed E-state index contributed by atoms with van der Waals surface area (Å²) in [6.45, 7) is 1.81. The Morgan fingerprint density at radius 1 is 1.25 bits per heavy atom. The fourth-order valence-electron chi connectivity index (χ4n) is 3.39. The van der Waals surface area contributed by atoms with Crippen molar-refractivity contribution in [1.82, 2.24) is 10.2 Å². The quantitative estimate of drug-likeness (QED) is 0.711. The minimum atomic E-state index is 0.336. The van der Waals surface area contributed by atoms with E-state index < -0.39 is 0 Å². The maximum atomic E-state index is 11.0. The molecular formula is C18H19N5O. The summed E-state index contributed by atoms with van der Waals surface area (Å²) in [4.78, 5) is 13.3. The third-order valence-corrected chi connectivity index (χ3v) is 4.55. The maximum Gasteiger partial charge on any atom is 0.131 e. The first-order valence-corrected chi connectivity index (χ1v) is 8.20. The second-order valence-electron chi connectivity index (χ2n) is 6.18. The summed E-state index contributed by atoms with van der Waals surface area (Å²) < 4.78 is 0. The Hall–Kier alpha value is -2.89. The zero-order chi connectivity index (χ0) is 16.4. The molecule has 0 saturated carbocycles. The van der Waals surface area contributed by atoms with Gasteiger partial charge in [0.15, 0.2) is 0 Å². The van der Waals surface area contributed by atoms with E-state index in [1.54, 1.807) is 6.07 Å². The van der Waals surface area contributed by atoms with Gasteiger partial charge in [0.1, 0.15) is 5.69 Å². The smallest absolute Gasteiger partial charge is 0.131 e. The zero-order valence-corrected chi connectivity index (χ0v) is 13.3. The third kappa shape index (κ3) is 2.82. The molecule has 1 atom stereocenters. The van der Waals surface area contributed by atoms with Gasteiger partial charge in [-0.2, -0.15) is 5.10 Å². The summed E-state index contributed by atoms with van der Waals surface area (Å²) in [6, 6.07) is 14.1. The van der Waals surface area contributed by atoms with Crippen LogP contribution in [-0.2, 0) is 0 Å². The van der Waals surface area contributed by atoms with E-state index >= 15 is 0 Å². The molecule has 2 heterocycles. The number of fused-ring (bicyclic) bond motifs is 1. The highest BCUT2D eigenvalue weighted by atomic mass is 16.3. The van der Waals surface area contributed by atoms with Gasteiger partial charge >= 0.3 is 0 Å². The van der Waals surface area contributed by atoms with Crippen molar-refractivity contribution in [3.63, 3.8) is 0 Å². The van der Waals surface area contributed by atoms with Crippen molar-refractivity contribution in [3.8, 4) is 0 Å². The molecule has 1 aliphatic heterocycles. The van der Waals surface area contributed by atoms with Gasteiger partial charge in [-0.1, -0.05) is 12.1 Å². The van der Waals surface area contributed by atoms with Gasteiger partial charge in [0, 0.05) is 30.2 Å². The van der Waals surface area contributed by atoms with E-state index in [9.17, 15) is 4.91 Å². The van der Waals surface area contributed by atoms with Crippen LogP contribution in [0, 0.1) is 4.91 Å². The highest BCUT2D eigenvalue weighted by Crippen LogP contribution is 2.31. The van der Waals surface area contributed by atoms with Crippen molar-refractivity contribution in [1.29, 1.82) is 0 Å². The number of nitrogens with one attached hydrogen (secondary N) is 2. The number of rotatable bonds is 4. The van der Waals surface area contributed by atoms with Crippen LogP contribution in [0.3, 0.4) is 0 Å². The molecule has 3 aromatic rings. The molecule has 1 unspecified atom stereocenters. The molecule has 0 spiro atoms. The predicted octanol–water partition coefficient (Wildman–Crippen LogP) is 4.04. The average molecular weight is 321 g/mol. The molecule has 6 heteroatoms. The lowest BCUT2D eigenvalue weighted by Gasteiger charge is -2.35. The molecule has 4 rings (SSSR count). The summed E-state index contributed by atoms with van der Waals surface area (Å²) >= 11 is 0. The number of benzene rings is 2. The van der Waals surface area contributed by atoms with Crippen LogP contribution < -0.4 is 10.2 Å². The summed E-state index contributed by atoms with van der Waals surface area (Å²) in [7, 11) is 0. The third-order valence-electron chi connectivity index (χ3n) is 4.55. The summed E-state index contributed by atoms with van der Waals surface area (Å²) in [5.41, 5.74) is 3.57. The van der Waals surface area contributed by atoms with E-state index in [1.807, 2.05) is 30.5 Å². The van der Waals surface area contributed by atoms with Gasteiger partial charge in [-0.05, 0) is 48.4 Å². The Balaban J connectivity index is 1.51. The Morgan fingerprint density at radius 2 is 2.17 bits per heavy atom. The van der Waals surface area contributed by atoms with Crippen LogP contribution in [0.2, 0.25) is 0 Å². The minimum Gasteiger partial charge on any atom is -0.381 e. The lowest BCUT2D eigenvalue weighted by molar-refractivity contribution is 0.530. The van der Waals surface area contributed by atoms with E-state index in [0.29, 0.717) is 11.7 Å². The molecule has 1 aromatic heterocycles. The van der Waals surface area contributed by atoms with E-state index in [0.717, 1.165) is 48.2 Å². The molecule has 1 fully saturated rings. The number of hydrogen-bond donors (Lipinski definition) is 2. The predicted molar refractivity (Wildman–Crippen MR) is 96.8 cm³/mol. The van der Waals surface area contributed by atoms with Gasteiger partial charge in [0.25, 0.3) is 0 Å². The number of aromatic amines is 1. The molecule has 0 amide bonds. The average Bonchev–Trinajstić information content (AvgIpc) is 3.10. The number of para-hydroxylation sites is 1. The maximum absolute atomic E-state index is 11.0. The number of piperidine rings is 1. The highest BCUT2D eigenvalue weighted by Gasteiger charge is 2.22. The van der Waals surface area contributed by atoms with Crippen molar-refractivity contribution in [2.45, 2.75) is 18.9 Å². The SMILES string of the molecule is O=Nc1ccccc1N1CCCC(Nc2ccc3[nH]ncc3c2)C1. The van der Waals surface area contributed by atoms with Gasteiger partial charge < -0.3 is 10.2 Å². The lowest BCUT2D eigenvalue weighted by Crippen LogP contribution is -2.42. The number of nitrogens with zero attached hydrogens (tertiary/aromatic N) is 3. The fourth-order valence-corrected chi connectivity index (χ4v) is 3.39. The summed E-state index contributed by atoms with van der Waals surface area (Å²) in [5, 5.41) is 14.9. The van der Waals surface area contributed by atoms with E-state index in [1.165, 1.54) is 0 Å². The first kappa shape index (κ1) is 14.7. The Morgan fingerprint density at radius 3 is 3.08 bits per heavy atom. The highest BCUT2D eigenvalue weighted by molar-refractivity contribution is 5.81. The van der Waals surface area contributed by atoms with Crippen molar-refractivity contribution in [2.75, 3.05) is 23.3 Å². The number of aromatic nitrogens is 2. The molecule has 1 aliphatic rings. The fraction of sp³-hybridized carbons (Fsp3) is 0.278. The minimum absolute atomic E-state index is 0.336. The van der Waals surface area contributed by atoms with Crippen LogP contribution >= 0.6 is 0 Å².